The van der Waals surface area contributed by atoms with E-state index in [-0.39, 0.29) is 11.4 Å². The molecule has 0 saturated carbocycles. The molecular formula is C17H32O2. The van der Waals surface area contributed by atoms with Crippen molar-refractivity contribution in [3.8, 4) is 0 Å². The van der Waals surface area contributed by atoms with Crippen molar-refractivity contribution in [2.75, 3.05) is 6.61 Å². The van der Waals surface area contributed by atoms with Crippen LogP contribution in [0.3, 0.4) is 0 Å². The second-order valence-corrected chi connectivity index (χ2v) is 6.35. The Morgan fingerprint density at radius 3 is 2.21 bits per heavy atom. The lowest BCUT2D eigenvalue weighted by Gasteiger charge is -2.24. The van der Waals surface area contributed by atoms with Crippen molar-refractivity contribution < 1.29 is 9.53 Å². The van der Waals surface area contributed by atoms with Gasteiger partial charge in [0.15, 0.2) is 0 Å². The topological polar surface area (TPSA) is 26.3 Å². The van der Waals surface area contributed by atoms with Gasteiger partial charge in [0.1, 0.15) is 0 Å². The lowest BCUT2D eigenvalue weighted by atomic mass is 9.84. The zero-order valence-corrected chi connectivity index (χ0v) is 13.4. The number of hydrogen-bond acceptors (Lipinski definition) is 2. The molecule has 0 N–H and O–H groups in total. The van der Waals surface area contributed by atoms with Crippen LogP contribution in [0.25, 0.3) is 0 Å². The SMILES string of the molecule is C=C(C)C(=O)OCCC(C)(C)CCCCCCCC. The van der Waals surface area contributed by atoms with E-state index in [1.165, 1.54) is 44.9 Å². The maximum absolute atomic E-state index is 11.3. The van der Waals surface area contributed by atoms with Crippen LogP contribution in [0.5, 0.6) is 0 Å². The summed E-state index contributed by atoms with van der Waals surface area (Å²) in [4.78, 5) is 11.3. The van der Waals surface area contributed by atoms with Gasteiger partial charge in [-0.3, -0.25) is 0 Å². The zero-order valence-electron chi connectivity index (χ0n) is 13.4. The molecule has 2 heteroatoms. The summed E-state index contributed by atoms with van der Waals surface area (Å²) in [5.41, 5.74) is 0.744. The predicted octanol–water partition coefficient (Wildman–Crippen LogP) is 5.27. The Balaban J connectivity index is 3.62. The Hall–Kier alpha value is -0.790. The second-order valence-electron chi connectivity index (χ2n) is 6.35. The van der Waals surface area contributed by atoms with E-state index >= 15 is 0 Å². The van der Waals surface area contributed by atoms with Crippen molar-refractivity contribution >= 4 is 5.97 Å². The molecule has 0 saturated heterocycles. The van der Waals surface area contributed by atoms with Gasteiger partial charge in [-0.05, 0) is 25.2 Å². The van der Waals surface area contributed by atoms with Crippen molar-refractivity contribution in [1.82, 2.24) is 0 Å². The number of unbranched alkanes of at least 4 members (excludes halogenated alkanes) is 5. The Labute approximate surface area is 119 Å². The molecule has 0 atom stereocenters. The summed E-state index contributed by atoms with van der Waals surface area (Å²) in [6.07, 6.45) is 10.1. The highest BCUT2D eigenvalue weighted by Crippen LogP contribution is 2.28. The summed E-state index contributed by atoms with van der Waals surface area (Å²) in [6.45, 7) is 12.5. The van der Waals surface area contributed by atoms with Gasteiger partial charge in [0.2, 0.25) is 0 Å². The Morgan fingerprint density at radius 1 is 1.05 bits per heavy atom. The first kappa shape index (κ1) is 18.2. The van der Waals surface area contributed by atoms with Gasteiger partial charge in [0, 0.05) is 5.57 Å². The molecule has 2 nitrogen and oxygen atoms in total. The summed E-state index contributed by atoms with van der Waals surface area (Å²) < 4.78 is 5.16. The summed E-state index contributed by atoms with van der Waals surface area (Å²) in [5, 5.41) is 0. The molecule has 0 bridgehead atoms. The molecule has 0 amide bonds. The highest BCUT2D eigenvalue weighted by atomic mass is 16.5. The predicted molar refractivity (Wildman–Crippen MR) is 82.2 cm³/mol. The van der Waals surface area contributed by atoms with Crippen LogP contribution in [0.1, 0.15) is 79.1 Å². The summed E-state index contributed by atoms with van der Waals surface area (Å²) in [5.74, 6) is -0.268. The zero-order chi connectivity index (χ0) is 14.7. The number of hydrogen-bond donors (Lipinski definition) is 0. The second kappa shape index (κ2) is 10.1. The molecule has 0 spiro atoms. The lowest BCUT2D eigenvalue weighted by Crippen LogP contribution is -2.16. The van der Waals surface area contributed by atoms with Gasteiger partial charge in [-0.1, -0.05) is 65.9 Å². The fourth-order valence-electron chi connectivity index (χ4n) is 2.05. The van der Waals surface area contributed by atoms with E-state index in [4.69, 9.17) is 4.74 Å². The van der Waals surface area contributed by atoms with Crippen LogP contribution < -0.4 is 0 Å². The molecule has 0 radical (unpaired) electrons. The molecule has 0 aromatic heterocycles. The molecule has 0 rings (SSSR count). The standard InChI is InChI=1S/C17H32O2/c1-6-7-8-9-10-11-12-17(4,5)13-14-19-16(18)15(2)3/h2,6-14H2,1,3-5H3. The largest absolute Gasteiger partial charge is 0.462 e. The number of esters is 1. The number of carbonyl (C=O) groups is 1. The molecule has 0 aliphatic carbocycles. The lowest BCUT2D eigenvalue weighted by molar-refractivity contribution is -0.139. The highest BCUT2D eigenvalue weighted by Gasteiger charge is 2.18. The molecule has 0 aromatic carbocycles. The first-order valence-electron chi connectivity index (χ1n) is 7.71. The van der Waals surface area contributed by atoms with Crippen molar-refractivity contribution in [3.05, 3.63) is 12.2 Å². The molecule has 0 aliphatic rings. The maximum Gasteiger partial charge on any atom is 0.333 e. The highest BCUT2D eigenvalue weighted by molar-refractivity contribution is 5.86. The van der Waals surface area contributed by atoms with E-state index in [2.05, 4.69) is 27.4 Å². The van der Waals surface area contributed by atoms with Gasteiger partial charge in [-0.15, -0.1) is 0 Å². The molecule has 0 aromatic rings. The third-order valence-electron chi connectivity index (χ3n) is 3.57. The van der Waals surface area contributed by atoms with E-state index in [1.807, 2.05) is 0 Å². The van der Waals surface area contributed by atoms with E-state index < -0.39 is 0 Å². The van der Waals surface area contributed by atoms with Crippen molar-refractivity contribution in [2.24, 2.45) is 5.41 Å². The molecule has 0 fully saturated rings. The molecule has 0 aliphatic heterocycles. The fraction of sp³-hybridized carbons (Fsp3) is 0.824. The van der Waals surface area contributed by atoms with Crippen LogP contribution in [-0.4, -0.2) is 12.6 Å². The minimum absolute atomic E-state index is 0.264. The van der Waals surface area contributed by atoms with Gasteiger partial charge in [0.25, 0.3) is 0 Å². The summed E-state index contributed by atoms with van der Waals surface area (Å²) in [6, 6.07) is 0. The van der Waals surface area contributed by atoms with Crippen LogP contribution in [0, 0.1) is 5.41 Å². The molecular weight excluding hydrogens is 236 g/mol. The van der Waals surface area contributed by atoms with Crippen LogP contribution in [0.4, 0.5) is 0 Å². The number of rotatable bonds is 11. The van der Waals surface area contributed by atoms with Crippen molar-refractivity contribution in [1.29, 1.82) is 0 Å². The third-order valence-corrected chi connectivity index (χ3v) is 3.57. The minimum atomic E-state index is -0.268. The average Bonchev–Trinajstić information content (AvgIpc) is 2.33. The van der Waals surface area contributed by atoms with E-state index in [9.17, 15) is 4.79 Å². The van der Waals surface area contributed by atoms with Crippen LogP contribution in [0.2, 0.25) is 0 Å². The molecule has 0 heterocycles. The minimum Gasteiger partial charge on any atom is -0.462 e. The van der Waals surface area contributed by atoms with Crippen molar-refractivity contribution in [2.45, 2.75) is 79.1 Å². The number of carbonyl (C=O) groups excluding carboxylic acids is 1. The van der Waals surface area contributed by atoms with Gasteiger partial charge in [-0.25, -0.2) is 4.79 Å². The van der Waals surface area contributed by atoms with Gasteiger partial charge >= 0.3 is 5.97 Å². The Kier molecular flexibility index (Phi) is 9.63. The van der Waals surface area contributed by atoms with Gasteiger partial charge < -0.3 is 4.74 Å². The first-order valence-corrected chi connectivity index (χ1v) is 7.71. The van der Waals surface area contributed by atoms with Crippen LogP contribution in [0.15, 0.2) is 12.2 Å². The van der Waals surface area contributed by atoms with E-state index in [0.717, 1.165) is 6.42 Å². The van der Waals surface area contributed by atoms with Gasteiger partial charge in [0.05, 0.1) is 6.61 Å². The van der Waals surface area contributed by atoms with E-state index in [0.29, 0.717) is 12.2 Å². The Bertz CT molecular complexity index is 266. The Morgan fingerprint density at radius 2 is 1.63 bits per heavy atom. The maximum atomic E-state index is 11.3. The monoisotopic (exact) mass is 268 g/mol. The molecule has 0 unspecified atom stereocenters. The molecule has 19 heavy (non-hydrogen) atoms. The van der Waals surface area contributed by atoms with Gasteiger partial charge in [-0.2, -0.15) is 0 Å². The smallest absolute Gasteiger partial charge is 0.333 e. The average molecular weight is 268 g/mol. The van der Waals surface area contributed by atoms with Crippen LogP contribution in [-0.2, 0) is 9.53 Å². The normalized spacial score (nSPS) is 11.4. The molecule has 112 valence electrons. The number of ether oxygens (including phenoxy) is 1. The summed E-state index contributed by atoms with van der Waals surface area (Å²) in [7, 11) is 0. The third kappa shape index (κ3) is 10.8. The quantitative estimate of drug-likeness (QED) is 0.290. The summed E-state index contributed by atoms with van der Waals surface area (Å²) >= 11 is 0. The van der Waals surface area contributed by atoms with Crippen molar-refractivity contribution in [3.63, 3.8) is 0 Å². The van der Waals surface area contributed by atoms with E-state index in [1.54, 1.807) is 6.92 Å². The van der Waals surface area contributed by atoms with Crippen LogP contribution >= 0.6 is 0 Å². The first-order chi connectivity index (χ1) is 8.89. The fourth-order valence-corrected chi connectivity index (χ4v) is 2.05.